The molecule has 0 bridgehead atoms. The fourth-order valence-corrected chi connectivity index (χ4v) is 3.55. The second kappa shape index (κ2) is 9.78. The largest absolute Gasteiger partial charge is 0.493 e. The summed E-state index contributed by atoms with van der Waals surface area (Å²) in [5.41, 5.74) is 1.47. The molecule has 0 radical (unpaired) electrons. The van der Waals surface area contributed by atoms with Crippen molar-refractivity contribution in [2.45, 2.75) is 19.9 Å². The minimum Gasteiger partial charge on any atom is -0.493 e. The molecule has 0 aromatic heterocycles. The monoisotopic (exact) mass is 429 g/mol. The lowest BCUT2D eigenvalue weighted by Crippen LogP contribution is -2.54. The van der Waals surface area contributed by atoms with Crippen LogP contribution in [0, 0.1) is 12.7 Å². The molecule has 1 unspecified atom stereocenters. The number of carbonyl (C=O) groups is 2. The summed E-state index contributed by atoms with van der Waals surface area (Å²) in [4.78, 5) is 29.1. The zero-order valence-electron chi connectivity index (χ0n) is 18.3. The predicted octanol–water partition coefficient (Wildman–Crippen LogP) is 2.94. The summed E-state index contributed by atoms with van der Waals surface area (Å²) in [6.45, 7) is 5.56. The standard InChI is InChI=1S/C23H28FN3O4/c1-15-5-6-17(13-19(15)24)23(29)27-11-9-26(10-12-27)16(2)22(28)25-18-7-8-20(30-3)21(14-18)31-4/h5-8,13-14,16H,9-12H2,1-4H3,(H,25,28). The van der Waals surface area contributed by atoms with Crippen molar-refractivity contribution in [3.05, 3.63) is 53.3 Å². The number of halogens is 1. The van der Waals surface area contributed by atoms with Crippen LogP contribution in [0.25, 0.3) is 0 Å². The summed E-state index contributed by atoms with van der Waals surface area (Å²) < 4.78 is 24.3. The van der Waals surface area contributed by atoms with E-state index in [0.717, 1.165) is 0 Å². The number of nitrogens with one attached hydrogen (secondary N) is 1. The summed E-state index contributed by atoms with van der Waals surface area (Å²) in [7, 11) is 3.09. The number of hydrogen-bond acceptors (Lipinski definition) is 5. The molecule has 2 amide bonds. The molecule has 3 rings (SSSR count). The van der Waals surface area contributed by atoms with Crippen molar-refractivity contribution in [2.24, 2.45) is 0 Å². The van der Waals surface area contributed by atoms with Crippen LogP contribution in [0.15, 0.2) is 36.4 Å². The Labute approximate surface area is 181 Å². The van der Waals surface area contributed by atoms with Gasteiger partial charge in [0.2, 0.25) is 5.91 Å². The van der Waals surface area contributed by atoms with E-state index >= 15 is 0 Å². The van der Waals surface area contributed by atoms with Crippen LogP contribution in [0.1, 0.15) is 22.8 Å². The molecule has 7 nitrogen and oxygen atoms in total. The quantitative estimate of drug-likeness (QED) is 0.765. The predicted molar refractivity (Wildman–Crippen MR) is 116 cm³/mol. The van der Waals surface area contributed by atoms with E-state index in [4.69, 9.17) is 9.47 Å². The first-order valence-corrected chi connectivity index (χ1v) is 10.2. The zero-order valence-corrected chi connectivity index (χ0v) is 18.3. The van der Waals surface area contributed by atoms with Crippen molar-refractivity contribution in [3.63, 3.8) is 0 Å². The van der Waals surface area contributed by atoms with Crippen LogP contribution in [0.5, 0.6) is 11.5 Å². The van der Waals surface area contributed by atoms with E-state index in [2.05, 4.69) is 5.32 Å². The summed E-state index contributed by atoms with van der Waals surface area (Å²) in [6.07, 6.45) is 0. The number of anilines is 1. The van der Waals surface area contributed by atoms with Gasteiger partial charge in [-0.15, -0.1) is 0 Å². The number of methoxy groups -OCH3 is 2. The Morgan fingerprint density at radius 2 is 1.68 bits per heavy atom. The molecule has 1 aliphatic rings. The Hall–Kier alpha value is -3.13. The molecule has 1 heterocycles. The second-order valence-corrected chi connectivity index (χ2v) is 7.53. The lowest BCUT2D eigenvalue weighted by Gasteiger charge is -2.37. The van der Waals surface area contributed by atoms with Crippen LogP contribution in [0.3, 0.4) is 0 Å². The molecule has 1 atom stereocenters. The fourth-order valence-electron chi connectivity index (χ4n) is 3.55. The highest BCUT2D eigenvalue weighted by molar-refractivity contribution is 5.95. The lowest BCUT2D eigenvalue weighted by molar-refractivity contribution is -0.121. The fraction of sp³-hybridized carbons (Fsp3) is 0.391. The molecule has 2 aromatic rings. The van der Waals surface area contributed by atoms with Gasteiger partial charge in [0, 0.05) is 43.5 Å². The van der Waals surface area contributed by atoms with Gasteiger partial charge in [-0.3, -0.25) is 14.5 Å². The topological polar surface area (TPSA) is 71.1 Å². The Balaban J connectivity index is 1.57. The Morgan fingerprint density at radius 3 is 2.29 bits per heavy atom. The molecule has 8 heteroatoms. The summed E-state index contributed by atoms with van der Waals surface area (Å²) in [5, 5.41) is 2.90. The van der Waals surface area contributed by atoms with Gasteiger partial charge in [0.05, 0.1) is 20.3 Å². The van der Waals surface area contributed by atoms with Crippen LogP contribution in [-0.2, 0) is 4.79 Å². The van der Waals surface area contributed by atoms with Gasteiger partial charge in [0.15, 0.2) is 11.5 Å². The Morgan fingerprint density at radius 1 is 1.00 bits per heavy atom. The van der Waals surface area contributed by atoms with Crippen molar-refractivity contribution in [3.8, 4) is 11.5 Å². The molecule has 0 saturated carbocycles. The molecule has 0 aliphatic carbocycles. The van der Waals surface area contributed by atoms with Gasteiger partial charge in [-0.2, -0.15) is 0 Å². The van der Waals surface area contributed by atoms with Gasteiger partial charge < -0.3 is 19.7 Å². The summed E-state index contributed by atoms with van der Waals surface area (Å²) in [5.74, 6) is 0.397. The molecule has 1 saturated heterocycles. The number of aryl methyl sites for hydroxylation is 1. The molecular formula is C23H28FN3O4. The van der Waals surface area contributed by atoms with E-state index in [9.17, 15) is 14.0 Å². The van der Waals surface area contributed by atoms with Crippen molar-refractivity contribution >= 4 is 17.5 Å². The second-order valence-electron chi connectivity index (χ2n) is 7.53. The van der Waals surface area contributed by atoms with Gasteiger partial charge in [-0.25, -0.2) is 4.39 Å². The van der Waals surface area contributed by atoms with Crippen LogP contribution < -0.4 is 14.8 Å². The number of piperazine rings is 1. The lowest BCUT2D eigenvalue weighted by atomic mass is 10.1. The molecule has 2 aromatic carbocycles. The van der Waals surface area contributed by atoms with Crippen LogP contribution in [0.4, 0.5) is 10.1 Å². The first-order chi connectivity index (χ1) is 14.8. The minimum atomic E-state index is -0.384. The van der Waals surface area contributed by atoms with Crippen molar-refractivity contribution in [1.29, 1.82) is 0 Å². The van der Waals surface area contributed by atoms with E-state index in [1.165, 1.54) is 13.2 Å². The third-order valence-electron chi connectivity index (χ3n) is 5.60. The Kier molecular flexibility index (Phi) is 7.12. The van der Waals surface area contributed by atoms with Gasteiger partial charge in [0.1, 0.15) is 5.82 Å². The number of nitrogens with zero attached hydrogens (tertiary/aromatic N) is 2. The first-order valence-electron chi connectivity index (χ1n) is 10.2. The molecule has 166 valence electrons. The number of carbonyl (C=O) groups excluding carboxylic acids is 2. The van der Waals surface area contributed by atoms with E-state index in [1.54, 1.807) is 49.3 Å². The number of rotatable bonds is 6. The first kappa shape index (κ1) is 22.6. The smallest absolute Gasteiger partial charge is 0.254 e. The van der Waals surface area contributed by atoms with Gasteiger partial charge in [0.25, 0.3) is 5.91 Å². The Bertz CT molecular complexity index is 958. The van der Waals surface area contributed by atoms with E-state index in [1.807, 2.05) is 11.8 Å². The van der Waals surface area contributed by atoms with E-state index in [0.29, 0.717) is 54.5 Å². The van der Waals surface area contributed by atoms with Crippen LogP contribution >= 0.6 is 0 Å². The minimum absolute atomic E-state index is 0.146. The summed E-state index contributed by atoms with van der Waals surface area (Å²) in [6, 6.07) is 9.36. The SMILES string of the molecule is COc1ccc(NC(=O)C(C)N2CCN(C(=O)c3ccc(C)c(F)c3)CC2)cc1OC. The van der Waals surface area contributed by atoms with Crippen LogP contribution in [-0.4, -0.2) is 68.1 Å². The van der Waals surface area contributed by atoms with Gasteiger partial charge >= 0.3 is 0 Å². The molecule has 1 fully saturated rings. The number of ether oxygens (including phenoxy) is 2. The molecule has 1 aliphatic heterocycles. The zero-order chi connectivity index (χ0) is 22.5. The normalized spacial score (nSPS) is 15.3. The van der Waals surface area contributed by atoms with E-state index < -0.39 is 0 Å². The molecular weight excluding hydrogens is 401 g/mol. The molecule has 0 spiro atoms. The third-order valence-corrected chi connectivity index (χ3v) is 5.60. The molecule has 31 heavy (non-hydrogen) atoms. The maximum atomic E-state index is 13.8. The van der Waals surface area contributed by atoms with Crippen LogP contribution in [0.2, 0.25) is 0 Å². The highest BCUT2D eigenvalue weighted by Crippen LogP contribution is 2.29. The number of amides is 2. The summed E-state index contributed by atoms with van der Waals surface area (Å²) >= 11 is 0. The maximum Gasteiger partial charge on any atom is 0.254 e. The maximum absolute atomic E-state index is 13.8. The van der Waals surface area contributed by atoms with E-state index in [-0.39, 0.29) is 23.7 Å². The number of benzene rings is 2. The van der Waals surface area contributed by atoms with Gasteiger partial charge in [-0.05, 0) is 43.7 Å². The highest BCUT2D eigenvalue weighted by Gasteiger charge is 2.28. The van der Waals surface area contributed by atoms with Gasteiger partial charge in [-0.1, -0.05) is 6.07 Å². The third kappa shape index (κ3) is 5.14. The average molecular weight is 429 g/mol. The van der Waals surface area contributed by atoms with Crippen molar-refractivity contribution in [1.82, 2.24) is 9.80 Å². The van der Waals surface area contributed by atoms with Crippen molar-refractivity contribution in [2.75, 3.05) is 45.7 Å². The number of hydrogen-bond donors (Lipinski definition) is 1. The van der Waals surface area contributed by atoms with Crippen molar-refractivity contribution < 1.29 is 23.5 Å². The highest BCUT2D eigenvalue weighted by atomic mass is 19.1. The molecule has 1 N–H and O–H groups in total. The average Bonchev–Trinajstić information content (AvgIpc) is 2.79.